The van der Waals surface area contributed by atoms with Gasteiger partial charge in [0.25, 0.3) is 11.8 Å². The summed E-state index contributed by atoms with van der Waals surface area (Å²) in [4.78, 5) is 12.5. The number of nitrogens with one attached hydrogen (secondary N) is 1. The summed E-state index contributed by atoms with van der Waals surface area (Å²) in [6.45, 7) is 2.36. The first-order valence-corrected chi connectivity index (χ1v) is 9.38. The van der Waals surface area contributed by atoms with Crippen molar-refractivity contribution in [1.82, 2.24) is 10.2 Å². The molecule has 0 unspecified atom stereocenters. The Hall–Kier alpha value is -2.55. The lowest BCUT2D eigenvalue weighted by molar-refractivity contribution is 0.0995. The third-order valence-electron chi connectivity index (χ3n) is 3.56. The lowest BCUT2D eigenvalue weighted by Gasteiger charge is -2.02. The standard InChI is InChI=1S/C17H11Cl2N3O4S/c1-2-24-10-5-3-4-8-6-11(25-13(8)10)15(23)20-17-22-21-16(26-17)9-7-12(18)27-14(9)19/h3-7H,2H2,1H3,(H,20,22,23). The lowest BCUT2D eigenvalue weighted by atomic mass is 10.2. The van der Waals surface area contributed by atoms with E-state index in [1.165, 1.54) is 11.3 Å². The van der Waals surface area contributed by atoms with Crippen LogP contribution in [0.2, 0.25) is 8.67 Å². The molecule has 10 heteroatoms. The van der Waals surface area contributed by atoms with Crippen LogP contribution in [0, 0.1) is 0 Å². The number of hydrogen-bond acceptors (Lipinski definition) is 7. The fraction of sp³-hybridized carbons (Fsp3) is 0.118. The number of anilines is 1. The molecule has 0 radical (unpaired) electrons. The Bertz CT molecular complexity index is 1130. The second kappa shape index (κ2) is 7.22. The summed E-state index contributed by atoms with van der Waals surface area (Å²) in [5, 5.41) is 10.9. The third kappa shape index (κ3) is 3.51. The van der Waals surface area contributed by atoms with Gasteiger partial charge in [-0.05, 0) is 25.1 Å². The van der Waals surface area contributed by atoms with Crippen LogP contribution >= 0.6 is 34.5 Å². The number of para-hydroxylation sites is 1. The summed E-state index contributed by atoms with van der Waals surface area (Å²) in [5.74, 6) is 0.284. The molecular formula is C17H11Cl2N3O4S. The Kier molecular flexibility index (Phi) is 4.77. The highest BCUT2D eigenvalue weighted by molar-refractivity contribution is 7.20. The first-order valence-electron chi connectivity index (χ1n) is 7.80. The summed E-state index contributed by atoms with van der Waals surface area (Å²) in [6, 6.07) is 8.56. The zero-order valence-corrected chi connectivity index (χ0v) is 16.1. The van der Waals surface area contributed by atoms with E-state index in [9.17, 15) is 4.79 Å². The molecule has 0 aliphatic carbocycles. The van der Waals surface area contributed by atoms with Crippen LogP contribution in [0.25, 0.3) is 22.4 Å². The highest BCUT2D eigenvalue weighted by atomic mass is 35.5. The normalized spacial score (nSPS) is 11.1. The van der Waals surface area contributed by atoms with Crippen LogP contribution in [0.1, 0.15) is 17.5 Å². The first kappa shape index (κ1) is 17.8. The first-order chi connectivity index (χ1) is 13.0. The SMILES string of the molecule is CCOc1cccc2cc(C(=O)Nc3nnc(-c4cc(Cl)sc4Cl)o3)oc12. The summed E-state index contributed by atoms with van der Waals surface area (Å²) in [7, 11) is 0. The monoisotopic (exact) mass is 423 g/mol. The van der Waals surface area contributed by atoms with Gasteiger partial charge in [0.2, 0.25) is 0 Å². The molecule has 3 aromatic heterocycles. The highest BCUT2D eigenvalue weighted by Crippen LogP contribution is 2.38. The van der Waals surface area contributed by atoms with E-state index in [-0.39, 0.29) is 17.7 Å². The number of furan rings is 1. The van der Waals surface area contributed by atoms with E-state index in [0.29, 0.717) is 32.2 Å². The number of benzene rings is 1. The molecule has 1 N–H and O–H groups in total. The number of aromatic nitrogens is 2. The molecule has 0 bridgehead atoms. The molecule has 0 aliphatic heterocycles. The molecule has 1 amide bonds. The number of carbonyl (C=O) groups excluding carboxylic acids is 1. The van der Waals surface area contributed by atoms with Gasteiger partial charge in [-0.15, -0.1) is 16.4 Å². The van der Waals surface area contributed by atoms with Gasteiger partial charge >= 0.3 is 6.01 Å². The van der Waals surface area contributed by atoms with Gasteiger partial charge in [0, 0.05) is 5.39 Å². The fourth-order valence-corrected chi connectivity index (χ4v) is 3.89. The van der Waals surface area contributed by atoms with Crippen molar-refractivity contribution in [3.8, 4) is 17.2 Å². The Morgan fingerprint density at radius 2 is 2.11 bits per heavy atom. The average molecular weight is 424 g/mol. The maximum absolute atomic E-state index is 12.5. The second-order valence-electron chi connectivity index (χ2n) is 5.32. The van der Waals surface area contributed by atoms with Crippen LogP contribution in [0.15, 0.2) is 39.2 Å². The number of fused-ring (bicyclic) bond motifs is 1. The molecule has 7 nitrogen and oxygen atoms in total. The lowest BCUT2D eigenvalue weighted by Crippen LogP contribution is -2.10. The number of carbonyl (C=O) groups is 1. The summed E-state index contributed by atoms with van der Waals surface area (Å²) in [5.41, 5.74) is 1.00. The average Bonchev–Trinajstić information content (AvgIpc) is 3.33. The molecule has 4 aromatic rings. The molecule has 4 rings (SSSR count). The molecule has 1 aromatic carbocycles. The summed E-state index contributed by atoms with van der Waals surface area (Å²) in [6.07, 6.45) is 0. The van der Waals surface area contributed by atoms with Crippen LogP contribution in [-0.2, 0) is 0 Å². The molecule has 27 heavy (non-hydrogen) atoms. The number of thiophene rings is 1. The van der Waals surface area contributed by atoms with E-state index in [1.807, 2.05) is 19.1 Å². The number of ether oxygens (including phenoxy) is 1. The molecule has 3 heterocycles. The van der Waals surface area contributed by atoms with E-state index >= 15 is 0 Å². The maximum atomic E-state index is 12.5. The van der Waals surface area contributed by atoms with Gasteiger partial charge in [-0.25, -0.2) is 0 Å². The predicted octanol–water partition coefficient (Wildman–Crippen LogP) is 5.50. The van der Waals surface area contributed by atoms with Gasteiger partial charge < -0.3 is 13.6 Å². The van der Waals surface area contributed by atoms with Gasteiger partial charge in [0.05, 0.1) is 16.5 Å². The van der Waals surface area contributed by atoms with E-state index in [4.69, 9.17) is 36.8 Å². The predicted molar refractivity (Wildman–Crippen MR) is 103 cm³/mol. The van der Waals surface area contributed by atoms with Gasteiger partial charge in [0.1, 0.15) is 4.34 Å². The van der Waals surface area contributed by atoms with Crippen molar-refractivity contribution in [1.29, 1.82) is 0 Å². The van der Waals surface area contributed by atoms with Crippen molar-refractivity contribution in [2.24, 2.45) is 0 Å². The number of amides is 1. The van der Waals surface area contributed by atoms with Crippen LogP contribution in [0.4, 0.5) is 6.01 Å². The Morgan fingerprint density at radius 3 is 2.85 bits per heavy atom. The molecule has 0 aliphatic rings. The van der Waals surface area contributed by atoms with Crippen LogP contribution < -0.4 is 10.1 Å². The van der Waals surface area contributed by atoms with Crippen molar-refractivity contribution in [3.05, 3.63) is 44.8 Å². The minimum atomic E-state index is -0.529. The van der Waals surface area contributed by atoms with Crippen LogP contribution in [-0.4, -0.2) is 22.7 Å². The van der Waals surface area contributed by atoms with Crippen molar-refractivity contribution in [3.63, 3.8) is 0 Å². The number of halogens is 2. The topological polar surface area (TPSA) is 90.4 Å². The Morgan fingerprint density at radius 1 is 1.26 bits per heavy atom. The smallest absolute Gasteiger partial charge is 0.322 e. The Labute approximate surface area is 166 Å². The van der Waals surface area contributed by atoms with E-state index < -0.39 is 5.91 Å². The molecule has 0 saturated heterocycles. The van der Waals surface area contributed by atoms with Gasteiger partial charge in [-0.3, -0.25) is 10.1 Å². The van der Waals surface area contributed by atoms with Gasteiger partial charge in [0.15, 0.2) is 17.1 Å². The Balaban J connectivity index is 1.57. The summed E-state index contributed by atoms with van der Waals surface area (Å²) < 4.78 is 17.5. The van der Waals surface area contributed by atoms with Crippen molar-refractivity contribution in [2.75, 3.05) is 11.9 Å². The molecular weight excluding hydrogens is 413 g/mol. The van der Waals surface area contributed by atoms with Gasteiger partial charge in [-0.2, -0.15) is 0 Å². The minimum absolute atomic E-state index is 0.0844. The van der Waals surface area contributed by atoms with Crippen LogP contribution in [0.5, 0.6) is 5.75 Å². The molecule has 0 saturated carbocycles. The van der Waals surface area contributed by atoms with Crippen molar-refractivity contribution >= 4 is 57.4 Å². The second-order valence-corrected chi connectivity index (χ2v) is 7.61. The molecule has 0 atom stereocenters. The van der Waals surface area contributed by atoms with Gasteiger partial charge in [-0.1, -0.05) is 40.4 Å². The quantitative estimate of drug-likeness (QED) is 0.455. The van der Waals surface area contributed by atoms with E-state index in [2.05, 4.69) is 15.5 Å². The zero-order chi connectivity index (χ0) is 19.0. The molecule has 138 valence electrons. The number of rotatable bonds is 5. The number of hydrogen-bond donors (Lipinski definition) is 1. The minimum Gasteiger partial charge on any atom is -0.490 e. The van der Waals surface area contributed by atoms with E-state index in [0.717, 1.165) is 5.39 Å². The molecule has 0 fully saturated rings. The third-order valence-corrected chi connectivity index (χ3v) is 5.05. The maximum Gasteiger partial charge on any atom is 0.322 e. The fourth-order valence-electron chi connectivity index (χ4n) is 2.44. The molecule has 0 spiro atoms. The zero-order valence-electron chi connectivity index (χ0n) is 13.8. The van der Waals surface area contributed by atoms with Crippen molar-refractivity contribution < 1.29 is 18.4 Å². The number of nitrogens with zero attached hydrogens (tertiary/aromatic N) is 2. The highest BCUT2D eigenvalue weighted by Gasteiger charge is 2.19. The summed E-state index contributed by atoms with van der Waals surface area (Å²) >= 11 is 13.2. The van der Waals surface area contributed by atoms with E-state index in [1.54, 1.807) is 18.2 Å². The largest absolute Gasteiger partial charge is 0.490 e. The van der Waals surface area contributed by atoms with Crippen molar-refractivity contribution in [2.45, 2.75) is 6.92 Å². The van der Waals surface area contributed by atoms with Crippen LogP contribution in [0.3, 0.4) is 0 Å².